The molecule has 0 saturated heterocycles. The third kappa shape index (κ3) is 1.78. The molecule has 1 saturated carbocycles. The van der Waals surface area contributed by atoms with Gasteiger partial charge in [0.1, 0.15) is 13.2 Å². The molecule has 3 rings (SSSR count). The predicted octanol–water partition coefficient (Wildman–Crippen LogP) is 2.23. The van der Waals surface area contributed by atoms with Crippen molar-refractivity contribution in [2.45, 2.75) is 31.1 Å². The Balaban J connectivity index is 1.92. The van der Waals surface area contributed by atoms with E-state index in [1.807, 2.05) is 6.07 Å². The SMILES string of the molecule is NCCC1(c2ccc3c(c2)OCCO3)CCC1. The first-order chi connectivity index (χ1) is 8.34. The molecule has 2 aliphatic rings. The molecular formula is C14H19NO2. The minimum Gasteiger partial charge on any atom is -0.486 e. The van der Waals surface area contributed by atoms with Gasteiger partial charge in [0.15, 0.2) is 11.5 Å². The van der Waals surface area contributed by atoms with Crippen molar-refractivity contribution in [3.8, 4) is 11.5 Å². The van der Waals surface area contributed by atoms with E-state index in [4.69, 9.17) is 15.2 Å². The first-order valence-electron chi connectivity index (χ1n) is 6.44. The molecule has 1 aliphatic carbocycles. The van der Waals surface area contributed by atoms with Crippen LogP contribution in [0.25, 0.3) is 0 Å². The summed E-state index contributed by atoms with van der Waals surface area (Å²) in [6, 6.07) is 6.38. The van der Waals surface area contributed by atoms with E-state index < -0.39 is 0 Å². The molecule has 3 heteroatoms. The van der Waals surface area contributed by atoms with E-state index in [1.165, 1.54) is 24.8 Å². The van der Waals surface area contributed by atoms with Crippen LogP contribution in [-0.4, -0.2) is 19.8 Å². The topological polar surface area (TPSA) is 44.5 Å². The molecule has 0 spiro atoms. The molecule has 1 heterocycles. The molecule has 2 N–H and O–H groups in total. The largest absolute Gasteiger partial charge is 0.486 e. The lowest BCUT2D eigenvalue weighted by atomic mass is 9.62. The fraction of sp³-hybridized carbons (Fsp3) is 0.571. The number of fused-ring (bicyclic) bond motifs is 1. The van der Waals surface area contributed by atoms with Crippen molar-refractivity contribution < 1.29 is 9.47 Å². The average Bonchev–Trinajstić information content (AvgIpc) is 2.33. The maximum Gasteiger partial charge on any atom is 0.161 e. The van der Waals surface area contributed by atoms with E-state index in [2.05, 4.69) is 12.1 Å². The van der Waals surface area contributed by atoms with Gasteiger partial charge in [-0.05, 0) is 48.9 Å². The highest BCUT2D eigenvalue weighted by atomic mass is 16.6. The summed E-state index contributed by atoms with van der Waals surface area (Å²) in [7, 11) is 0. The summed E-state index contributed by atoms with van der Waals surface area (Å²) >= 11 is 0. The molecule has 3 nitrogen and oxygen atoms in total. The molecule has 0 unspecified atom stereocenters. The summed E-state index contributed by atoms with van der Waals surface area (Å²) in [5, 5.41) is 0. The number of hydrogen-bond donors (Lipinski definition) is 1. The minimum atomic E-state index is 0.310. The van der Waals surface area contributed by atoms with Gasteiger partial charge in [0.2, 0.25) is 0 Å². The van der Waals surface area contributed by atoms with Gasteiger partial charge in [0, 0.05) is 0 Å². The first kappa shape index (κ1) is 10.9. The molecule has 1 aliphatic heterocycles. The zero-order valence-electron chi connectivity index (χ0n) is 10.1. The van der Waals surface area contributed by atoms with Crippen LogP contribution in [0.5, 0.6) is 11.5 Å². The zero-order valence-corrected chi connectivity index (χ0v) is 10.1. The van der Waals surface area contributed by atoms with E-state index >= 15 is 0 Å². The summed E-state index contributed by atoms with van der Waals surface area (Å²) in [5.74, 6) is 1.78. The van der Waals surface area contributed by atoms with Gasteiger partial charge in [-0.1, -0.05) is 12.5 Å². The number of nitrogens with two attached hydrogens (primary N) is 1. The second kappa shape index (κ2) is 4.22. The smallest absolute Gasteiger partial charge is 0.161 e. The molecular weight excluding hydrogens is 214 g/mol. The molecule has 1 fully saturated rings. The van der Waals surface area contributed by atoms with Crippen molar-refractivity contribution in [2.75, 3.05) is 19.8 Å². The lowest BCUT2D eigenvalue weighted by Crippen LogP contribution is -2.36. The Morgan fingerprint density at radius 3 is 2.53 bits per heavy atom. The van der Waals surface area contributed by atoms with Gasteiger partial charge in [-0.2, -0.15) is 0 Å². The van der Waals surface area contributed by atoms with Crippen molar-refractivity contribution in [2.24, 2.45) is 5.73 Å². The molecule has 92 valence electrons. The summed E-state index contributed by atoms with van der Waals surface area (Å²) < 4.78 is 11.2. The fourth-order valence-corrected chi connectivity index (χ4v) is 2.94. The summed E-state index contributed by atoms with van der Waals surface area (Å²) in [6.07, 6.45) is 4.90. The highest BCUT2D eigenvalue weighted by Gasteiger charge is 2.38. The van der Waals surface area contributed by atoms with Crippen LogP contribution >= 0.6 is 0 Å². The van der Waals surface area contributed by atoms with Crippen LogP contribution in [0.15, 0.2) is 18.2 Å². The molecule has 1 aromatic carbocycles. The minimum absolute atomic E-state index is 0.310. The average molecular weight is 233 g/mol. The van der Waals surface area contributed by atoms with E-state index in [9.17, 15) is 0 Å². The van der Waals surface area contributed by atoms with E-state index in [0.29, 0.717) is 18.6 Å². The maximum absolute atomic E-state index is 5.74. The van der Waals surface area contributed by atoms with Crippen LogP contribution in [0.2, 0.25) is 0 Å². The van der Waals surface area contributed by atoms with Crippen LogP contribution in [0.4, 0.5) is 0 Å². The number of hydrogen-bond acceptors (Lipinski definition) is 3. The number of ether oxygens (including phenoxy) is 2. The van der Waals surface area contributed by atoms with Crippen LogP contribution in [0.3, 0.4) is 0 Å². The van der Waals surface area contributed by atoms with Crippen molar-refractivity contribution in [1.82, 2.24) is 0 Å². The Labute approximate surface area is 102 Å². The third-order valence-corrected chi connectivity index (χ3v) is 4.09. The lowest BCUT2D eigenvalue weighted by molar-refractivity contribution is 0.169. The standard InChI is InChI=1S/C14H19NO2/c15-7-6-14(4-1-5-14)11-2-3-12-13(10-11)17-9-8-16-12/h2-3,10H,1,4-9,15H2. The third-order valence-electron chi connectivity index (χ3n) is 4.09. The Bertz CT molecular complexity index is 413. The van der Waals surface area contributed by atoms with E-state index in [0.717, 1.165) is 24.5 Å². The molecule has 1 aromatic rings. The predicted molar refractivity (Wildman–Crippen MR) is 66.6 cm³/mol. The van der Waals surface area contributed by atoms with Gasteiger partial charge in [0.25, 0.3) is 0 Å². The maximum atomic E-state index is 5.74. The van der Waals surface area contributed by atoms with Crippen molar-refractivity contribution >= 4 is 0 Å². The quantitative estimate of drug-likeness (QED) is 0.870. The van der Waals surface area contributed by atoms with Crippen LogP contribution < -0.4 is 15.2 Å². The second-order valence-corrected chi connectivity index (χ2v) is 5.03. The molecule has 0 atom stereocenters. The van der Waals surface area contributed by atoms with Crippen LogP contribution in [0, 0.1) is 0 Å². The number of rotatable bonds is 3. The Morgan fingerprint density at radius 2 is 1.88 bits per heavy atom. The lowest BCUT2D eigenvalue weighted by Gasteiger charge is -2.43. The zero-order chi connectivity index (χ0) is 11.7. The number of benzene rings is 1. The van der Waals surface area contributed by atoms with Crippen LogP contribution in [-0.2, 0) is 5.41 Å². The highest BCUT2D eigenvalue weighted by molar-refractivity contribution is 5.46. The monoisotopic (exact) mass is 233 g/mol. The molecule has 0 radical (unpaired) electrons. The van der Waals surface area contributed by atoms with Crippen LogP contribution in [0.1, 0.15) is 31.2 Å². The van der Waals surface area contributed by atoms with Gasteiger partial charge >= 0.3 is 0 Å². The Kier molecular flexibility index (Phi) is 2.71. The van der Waals surface area contributed by atoms with Gasteiger partial charge in [-0.3, -0.25) is 0 Å². The Hall–Kier alpha value is -1.22. The van der Waals surface area contributed by atoms with Crippen molar-refractivity contribution in [3.63, 3.8) is 0 Å². The molecule has 0 aromatic heterocycles. The van der Waals surface area contributed by atoms with Crippen molar-refractivity contribution in [3.05, 3.63) is 23.8 Å². The van der Waals surface area contributed by atoms with Gasteiger partial charge < -0.3 is 15.2 Å². The summed E-state index contributed by atoms with van der Waals surface area (Å²) in [6.45, 7) is 2.06. The molecule has 0 amide bonds. The molecule has 0 bridgehead atoms. The molecule has 17 heavy (non-hydrogen) atoms. The summed E-state index contributed by atoms with van der Waals surface area (Å²) in [5.41, 5.74) is 7.43. The van der Waals surface area contributed by atoms with E-state index in [1.54, 1.807) is 0 Å². The first-order valence-corrected chi connectivity index (χ1v) is 6.44. The Morgan fingerprint density at radius 1 is 1.12 bits per heavy atom. The van der Waals surface area contributed by atoms with Crippen molar-refractivity contribution in [1.29, 1.82) is 0 Å². The normalized spacial score (nSPS) is 20.8. The second-order valence-electron chi connectivity index (χ2n) is 5.03. The fourth-order valence-electron chi connectivity index (χ4n) is 2.94. The highest BCUT2D eigenvalue weighted by Crippen LogP contribution is 2.48. The van der Waals surface area contributed by atoms with Gasteiger partial charge in [0.05, 0.1) is 0 Å². The summed E-state index contributed by atoms with van der Waals surface area (Å²) in [4.78, 5) is 0. The van der Waals surface area contributed by atoms with E-state index in [-0.39, 0.29) is 0 Å². The van der Waals surface area contributed by atoms with Gasteiger partial charge in [-0.15, -0.1) is 0 Å². The van der Waals surface area contributed by atoms with Gasteiger partial charge in [-0.25, -0.2) is 0 Å².